The number of nitrogens with zero attached hydrogens (tertiary/aromatic N) is 2. The van der Waals surface area contributed by atoms with E-state index in [2.05, 4.69) is 26.1 Å². The van der Waals surface area contributed by atoms with Gasteiger partial charge in [0.05, 0.1) is 6.10 Å². The van der Waals surface area contributed by atoms with Crippen LogP contribution in [-0.4, -0.2) is 19.9 Å². The van der Waals surface area contributed by atoms with E-state index in [1.165, 1.54) is 11.8 Å². The Kier molecular flexibility index (Phi) is 4.72. The molecular formula is C13H16BrN3O2S. The zero-order valence-electron chi connectivity index (χ0n) is 11.4. The quantitative estimate of drug-likeness (QED) is 0.881. The Morgan fingerprint density at radius 2 is 2.10 bits per heavy atom. The third-order valence-electron chi connectivity index (χ3n) is 2.82. The lowest BCUT2D eigenvalue weighted by Crippen LogP contribution is -2.19. The van der Waals surface area contributed by atoms with Crippen molar-refractivity contribution < 1.29 is 5.11 Å². The Balaban J connectivity index is 2.32. The van der Waals surface area contributed by atoms with Crippen LogP contribution >= 0.6 is 27.7 Å². The average Bonchev–Trinajstić information content (AvgIpc) is 2.70. The van der Waals surface area contributed by atoms with Gasteiger partial charge in [-0.1, -0.05) is 22.0 Å². The predicted molar refractivity (Wildman–Crippen MR) is 82.1 cm³/mol. The van der Waals surface area contributed by atoms with Gasteiger partial charge in [-0.15, -0.1) is 5.10 Å². The van der Waals surface area contributed by atoms with Crippen LogP contribution in [0.5, 0.6) is 0 Å². The summed E-state index contributed by atoms with van der Waals surface area (Å²) >= 11 is 4.85. The molecule has 0 unspecified atom stereocenters. The van der Waals surface area contributed by atoms with E-state index in [4.69, 9.17) is 0 Å². The molecule has 2 N–H and O–H groups in total. The maximum absolute atomic E-state index is 11.7. The Hall–Kier alpha value is -1.05. The molecule has 2 rings (SSSR count). The second-order valence-corrected chi connectivity index (χ2v) is 6.63. The standard InChI is InChI=1S/C13H16BrN3O2S/c1-7(2)17-12(19)15-16-13(17)20-9-4-5-10(8(3)18)11(14)6-9/h4-8,18H,1-3H3,(H,15,19)/t8-/m0/s1. The van der Waals surface area contributed by atoms with Crippen LogP contribution in [0, 0.1) is 0 Å². The fraction of sp³-hybridized carbons (Fsp3) is 0.385. The normalized spacial score (nSPS) is 12.9. The summed E-state index contributed by atoms with van der Waals surface area (Å²) in [6.07, 6.45) is -0.525. The molecule has 2 aromatic rings. The first-order valence-electron chi connectivity index (χ1n) is 6.22. The lowest BCUT2D eigenvalue weighted by Gasteiger charge is -2.11. The van der Waals surface area contributed by atoms with Crippen LogP contribution in [0.2, 0.25) is 0 Å². The number of hydrogen-bond donors (Lipinski definition) is 2. The number of H-pyrrole nitrogens is 1. The molecule has 0 amide bonds. The highest BCUT2D eigenvalue weighted by molar-refractivity contribution is 9.10. The van der Waals surface area contributed by atoms with Crippen molar-refractivity contribution in [2.24, 2.45) is 0 Å². The van der Waals surface area contributed by atoms with Crippen molar-refractivity contribution in [1.29, 1.82) is 0 Å². The summed E-state index contributed by atoms with van der Waals surface area (Å²) in [6.45, 7) is 5.60. The molecular weight excluding hydrogens is 342 g/mol. The number of benzene rings is 1. The maximum atomic E-state index is 11.7. The van der Waals surface area contributed by atoms with Gasteiger partial charge >= 0.3 is 5.69 Å². The summed E-state index contributed by atoms with van der Waals surface area (Å²) in [6, 6.07) is 5.73. The Bertz CT molecular complexity index is 664. The molecule has 1 heterocycles. The van der Waals surface area contributed by atoms with E-state index < -0.39 is 6.10 Å². The van der Waals surface area contributed by atoms with Gasteiger partial charge in [0.15, 0.2) is 5.16 Å². The molecule has 0 saturated carbocycles. The first-order valence-corrected chi connectivity index (χ1v) is 7.83. The number of halogens is 1. The van der Waals surface area contributed by atoms with E-state index in [9.17, 15) is 9.90 Å². The van der Waals surface area contributed by atoms with Gasteiger partial charge in [-0.05, 0) is 50.2 Å². The number of aliphatic hydroxyl groups excluding tert-OH is 1. The summed E-state index contributed by atoms with van der Waals surface area (Å²) in [5.41, 5.74) is 0.625. The van der Waals surface area contributed by atoms with Crippen molar-refractivity contribution in [3.05, 3.63) is 38.7 Å². The van der Waals surface area contributed by atoms with Crippen LogP contribution in [0.25, 0.3) is 0 Å². The van der Waals surface area contributed by atoms with E-state index in [0.717, 1.165) is 14.9 Å². The number of aliphatic hydroxyl groups is 1. The van der Waals surface area contributed by atoms with E-state index in [0.29, 0.717) is 5.16 Å². The largest absolute Gasteiger partial charge is 0.389 e. The predicted octanol–water partition coefficient (Wildman–Crippen LogP) is 3.12. The smallest absolute Gasteiger partial charge is 0.344 e. The van der Waals surface area contributed by atoms with E-state index in [1.807, 2.05) is 32.0 Å². The number of aromatic amines is 1. The minimum atomic E-state index is -0.525. The summed E-state index contributed by atoms with van der Waals surface area (Å²) in [5.74, 6) is 0. The molecule has 108 valence electrons. The number of aromatic nitrogens is 3. The first kappa shape index (κ1) is 15.3. The van der Waals surface area contributed by atoms with Crippen molar-refractivity contribution in [2.75, 3.05) is 0 Å². The van der Waals surface area contributed by atoms with Crippen LogP contribution in [0.1, 0.15) is 38.5 Å². The van der Waals surface area contributed by atoms with Crippen molar-refractivity contribution in [1.82, 2.24) is 14.8 Å². The van der Waals surface area contributed by atoms with E-state index in [1.54, 1.807) is 11.5 Å². The highest BCUT2D eigenvalue weighted by atomic mass is 79.9. The topological polar surface area (TPSA) is 70.9 Å². The van der Waals surface area contributed by atoms with Gasteiger partial charge in [0.25, 0.3) is 0 Å². The molecule has 0 bridgehead atoms. The van der Waals surface area contributed by atoms with Gasteiger partial charge in [0, 0.05) is 15.4 Å². The van der Waals surface area contributed by atoms with Gasteiger partial charge in [0.2, 0.25) is 0 Å². The van der Waals surface area contributed by atoms with Crippen molar-refractivity contribution in [3.8, 4) is 0 Å². The van der Waals surface area contributed by atoms with Gasteiger partial charge in [0.1, 0.15) is 0 Å². The Morgan fingerprint density at radius 1 is 1.40 bits per heavy atom. The van der Waals surface area contributed by atoms with Crippen LogP contribution in [-0.2, 0) is 0 Å². The molecule has 0 aliphatic heterocycles. The number of hydrogen-bond acceptors (Lipinski definition) is 4. The Morgan fingerprint density at radius 3 is 2.65 bits per heavy atom. The lowest BCUT2D eigenvalue weighted by molar-refractivity contribution is 0.198. The molecule has 5 nitrogen and oxygen atoms in total. The fourth-order valence-electron chi connectivity index (χ4n) is 1.83. The first-order chi connectivity index (χ1) is 9.40. The Labute approximate surface area is 129 Å². The monoisotopic (exact) mass is 357 g/mol. The summed E-state index contributed by atoms with van der Waals surface area (Å²) in [5, 5.41) is 16.7. The SMILES string of the molecule is CC(C)n1c(Sc2ccc([C@H](C)O)c(Br)c2)n[nH]c1=O. The summed E-state index contributed by atoms with van der Waals surface area (Å²) in [7, 11) is 0. The number of rotatable bonds is 4. The van der Waals surface area contributed by atoms with Crippen molar-refractivity contribution >= 4 is 27.7 Å². The highest BCUT2D eigenvalue weighted by Crippen LogP contribution is 2.32. The van der Waals surface area contributed by atoms with E-state index >= 15 is 0 Å². The summed E-state index contributed by atoms with van der Waals surface area (Å²) < 4.78 is 2.45. The third-order valence-corrected chi connectivity index (χ3v) is 4.47. The molecule has 1 atom stereocenters. The molecule has 1 aromatic heterocycles. The van der Waals surface area contributed by atoms with Crippen molar-refractivity contribution in [3.63, 3.8) is 0 Å². The van der Waals surface area contributed by atoms with Gasteiger partial charge in [-0.2, -0.15) is 0 Å². The van der Waals surface area contributed by atoms with Crippen LogP contribution in [0.3, 0.4) is 0 Å². The third kappa shape index (κ3) is 3.16. The molecule has 0 aliphatic rings. The molecule has 0 fully saturated rings. The minimum absolute atomic E-state index is 0.0453. The minimum Gasteiger partial charge on any atom is -0.389 e. The van der Waals surface area contributed by atoms with Gasteiger partial charge in [-0.3, -0.25) is 4.57 Å². The fourth-order valence-corrected chi connectivity index (χ4v) is 3.70. The summed E-state index contributed by atoms with van der Waals surface area (Å²) in [4.78, 5) is 12.6. The highest BCUT2D eigenvalue weighted by Gasteiger charge is 2.14. The molecule has 7 heteroatoms. The van der Waals surface area contributed by atoms with Crippen molar-refractivity contribution in [2.45, 2.75) is 43.0 Å². The zero-order chi connectivity index (χ0) is 14.9. The second kappa shape index (κ2) is 6.15. The second-order valence-electron chi connectivity index (χ2n) is 4.74. The average molecular weight is 358 g/mol. The molecule has 0 radical (unpaired) electrons. The van der Waals surface area contributed by atoms with E-state index in [-0.39, 0.29) is 11.7 Å². The van der Waals surface area contributed by atoms with Gasteiger partial charge in [-0.25, -0.2) is 9.89 Å². The molecule has 20 heavy (non-hydrogen) atoms. The molecule has 0 saturated heterocycles. The molecule has 1 aromatic carbocycles. The van der Waals surface area contributed by atoms with Crippen LogP contribution in [0.4, 0.5) is 0 Å². The lowest BCUT2D eigenvalue weighted by atomic mass is 10.1. The van der Waals surface area contributed by atoms with Gasteiger partial charge < -0.3 is 5.11 Å². The van der Waals surface area contributed by atoms with Crippen LogP contribution in [0.15, 0.2) is 37.5 Å². The maximum Gasteiger partial charge on any atom is 0.344 e. The molecule has 0 spiro atoms. The number of nitrogens with one attached hydrogen (secondary N) is 1. The molecule has 0 aliphatic carbocycles. The zero-order valence-corrected chi connectivity index (χ0v) is 13.8. The van der Waals surface area contributed by atoms with Crippen LogP contribution < -0.4 is 5.69 Å².